The van der Waals surface area contributed by atoms with Crippen LogP contribution in [-0.2, 0) is 9.47 Å². The van der Waals surface area contributed by atoms with E-state index in [1.165, 1.54) is 0 Å². The minimum Gasteiger partial charge on any atom is -0.377 e. The van der Waals surface area contributed by atoms with Crippen molar-refractivity contribution < 1.29 is 9.47 Å². The lowest BCUT2D eigenvalue weighted by atomic mass is 9.90. The van der Waals surface area contributed by atoms with Gasteiger partial charge in [0.05, 0.1) is 18.8 Å². The quantitative estimate of drug-likeness (QED) is 0.734. The highest BCUT2D eigenvalue weighted by molar-refractivity contribution is 4.93. The van der Waals surface area contributed by atoms with Crippen LogP contribution in [0.3, 0.4) is 0 Å². The minimum atomic E-state index is -0.162. The highest BCUT2D eigenvalue weighted by atomic mass is 16.6. The predicted molar refractivity (Wildman–Crippen MR) is 55.2 cm³/mol. The van der Waals surface area contributed by atoms with E-state index in [1.807, 2.05) is 0 Å². The van der Waals surface area contributed by atoms with Crippen molar-refractivity contribution in [2.24, 2.45) is 0 Å². The Hall–Kier alpha value is -0.120. The van der Waals surface area contributed by atoms with Crippen molar-refractivity contribution in [2.75, 3.05) is 19.8 Å². The van der Waals surface area contributed by atoms with E-state index in [0.29, 0.717) is 0 Å². The molecule has 2 rings (SSSR count). The molecule has 2 aliphatic rings. The van der Waals surface area contributed by atoms with Gasteiger partial charge in [0.15, 0.2) is 0 Å². The van der Waals surface area contributed by atoms with Crippen LogP contribution < -0.4 is 5.32 Å². The van der Waals surface area contributed by atoms with Gasteiger partial charge in [-0.2, -0.15) is 0 Å². The SMILES string of the molecule is CCC1(CC)CCNC2(CCOC2)O1. The Morgan fingerprint density at radius 1 is 1.21 bits per heavy atom. The Bertz CT molecular complexity index is 191. The van der Waals surface area contributed by atoms with E-state index in [2.05, 4.69) is 19.2 Å². The molecule has 1 unspecified atom stereocenters. The molecule has 3 heteroatoms. The summed E-state index contributed by atoms with van der Waals surface area (Å²) in [4.78, 5) is 0. The third-order valence-corrected chi connectivity index (χ3v) is 3.71. The third kappa shape index (κ3) is 1.69. The number of hydrogen-bond donors (Lipinski definition) is 1. The maximum absolute atomic E-state index is 6.28. The summed E-state index contributed by atoms with van der Waals surface area (Å²) >= 11 is 0. The molecule has 0 bridgehead atoms. The van der Waals surface area contributed by atoms with Crippen LogP contribution in [0.1, 0.15) is 39.5 Å². The van der Waals surface area contributed by atoms with Gasteiger partial charge in [0.1, 0.15) is 5.72 Å². The van der Waals surface area contributed by atoms with E-state index in [4.69, 9.17) is 9.47 Å². The summed E-state index contributed by atoms with van der Waals surface area (Å²) in [7, 11) is 0. The van der Waals surface area contributed by atoms with Crippen molar-refractivity contribution in [2.45, 2.75) is 50.9 Å². The van der Waals surface area contributed by atoms with Crippen molar-refractivity contribution in [3.63, 3.8) is 0 Å². The fourth-order valence-electron chi connectivity index (χ4n) is 2.53. The standard InChI is InChI=1S/C11H21NO2/c1-3-10(4-2)5-7-12-11(14-10)6-8-13-9-11/h12H,3-9H2,1-2H3. The van der Waals surface area contributed by atoms with E-state index in [9.17, 15) is 0 Å². The summed E-state index contributed by atoms with van der Waals surface area (Å²) in [6.07, 6.45) is 4.33. The molecule has 2 fully saturated rings. The first-order valence-electron chi connectivity index (χ1n) is 5.77. The van der Waals surface area contributed by atoms with Crippen LogP contribution in [0.25, 0.3) is 0 Å². The first-order valence-corrected chi connectivity index (χ1v) is 5.77. The molecule has 0 radical (unpaired) electrons. The average molecular weight is 199 g/mol. The first-order chi connectivity index (χ1) is 6.74. The zero-order valence-electron chi connectivity index (χ0n) is 9.27. The van der Waals surface area contributed by atoms with Crippen LogP contribution >= 0.6 is 0 Å². The van der Waals surface area contributed by atoms with Crippen molar-refractivity contribution in [1.82, 2.24) is 5.32 Å². The van der Waals surface area contributed by atoms with Crippen LogP contribution in [0.4, 0.5) is 0 Å². The predicted octanol–water partition coefficient (Wildman–Crippen LogP) is 1.67. The van der Waals surface area contributed by atoms with Gasteiger partial charge < -0.3 is 9.47 Å². The largest absolute Gasteiger partial charge is 0.377 e. The molecule has 2 aliphatic heterocycles. The summed E-state index contributed by atoms with van der Waals surface area (Å²) in [6, 6.07) is 0. The Labute approximate surface area is 86.2 Å². The molecule has 2 heterocycles. The zero-order valence-corrected chi connectivity index (χ0v) is 9.27. The van der Waals surface area contributed by atoms with Gasteiger partial charge in [0.25, 0.3) is 0 Å². The van der Waals surface area contributed by atoms with Crippen LogP contribution in [-0.4, -0.2) is 31.1 Å². The molecule has 3 nitrogen and oxygen atoms in total. The van der Waals surface area contributed by atoms with Crippen LogP contribution in [0.5, 0.6) is 0 Å². The van der Waals surface area contributed by atoms with Crippen molar-refractivity contribution in [1.29, 1.82) is 0 Å². The number of nitrogens with one attached hydrogen (secondary N) is 1. The molecule has 2 saturated heterocycles. The van der Waals surface area contributed by atoms with E-state index in [1.54, 1.807) is 0 Å². The molecule has 0 aliphatic carbocycles. The van der Waals surface area contributed by atoms with Crippen molar-refractivity contribution in [3.05, 3.63) is 0 Å². The van der Waals surface area contributed by atoms with Gasteiger partial charge in [-0.25, -0.2) is 0 Å². The molecule has 0 aromatic heterocycles. The Morgan fingerprint density at radius 2 is 2.00 bits per heavy atom. The fraction of sp³-hybridized carbons (Fsp3) is 1.00. The topological polar surface area (TPSA) is 30.5 Å². The summed E-state index contributed by atoms with van der Waals surface area (Å²) in [5, 5.41) is 3.47. The molecule has 1 N–H and O–H groups in total. The molecule has 0 saturated carbocycles. The van der Waals surface area contributed by atoms with Crippen molar-refractivity contribution in [3.8, 4) is 0 Å². The molecular formula is C11H21NO2. The molecule has 82 valence electrons. The highest BCUT2D eigenvalue weighted by Gasteiger charge is 2.45. The normalized spacial score (nSPS) is 36.4. The zero-order chi connectivity index (χ0) is 10.1. The molecular weight excluding hydrogens is 178 g/mol. The highest BCUT2D eigenvalue weighted by Crippen LogP contribution is 2.36. The van der Waals surface area contributed by atoms with E-state index in [-0.39, 0.29) is 11.3 Å². The fourth-order valence-corrected chi connectivity index (χ4v) is 2.53. The average Bonchev–Trinajstić information content (AvgIpc) is 2.66. The van der Waals surface area contributed by atoms with Crippen molar-refractivity contribution >= 4 is 0 Å². The van der Waals surface area contributed by atoms with Gasteiger partial charge >= 0.3 is 0 Å². The monoisotopic (exact) mass is 199 g/mol. The molecule has 0 amide bonds. The minimum absolute atomic E-state index is 0.0962. The smallest absolute Gasteiger partial charge is 0.145 e. The maximum Gasteiger partial charge on any atom is 0.145 e. The van der Waals surface area contributed by atoms with E-state index < -0.39 is 0 Å². The van der Waals surface area contributed by atoms with Gasteiger partial charge in [-0.1, -0.05) is 13.8 Å². The lowest BCUT2D eigenvalue weighted by molar-refractivity contribution is -0.202. The maximum atomic E-state index is 6.28. The van der Waals surface area contributed by atoms with E-state index in [0.717, 1.165) is 45.4 Å². The van der Waals surface area contributed by atoms with Gasteiger partial charge in [-0.15, -0.1) is 0 Å². The summed E-state index contributed by atoms with van der Waals surface area (Å²) in [6.45, 7) is 7.05. The number of hydrogen-bond acceptors (Lipinski definition) is 3. The second-order valence-corrected chi connectivity index (χ2v) is 4.47. The summed E-state index contributed by atoms with van der Waals surface area (Å²) in [5.74, 6) is 0. The van der Waals surface area contributed by atoms with Crippen LogP contribution in [0, 0.1) is 0 Å². The third-order valence-electron chi connectivity index (χ3n) is 3.71. The molecule has 14 heavy (non-hydrogen) atoms. The first kappa shape index (κ1) is 10.4. The van der Waals surface area contributed by atoms with Gasteiger partial charge in [-0.3, -0.25) is 5.32 Å². The van der Waals surface area contributed by atoms with Gasteiger partial charge in [0, 0.05) is 13.0 Å². The Kier molecular flexibility index (Phi) is 2.82. The van der Waals surface area contributed by atoms with Gasteiger partial charge in [0.2, 0.25) is 0 Å². The van der Waals surface area contributed by atoms with Crippen LogP contribution in [0.2, 0.25) is 0 Å². The number of ether oxygens (including phenoxy) is 2. The Balaban J connectivity index is 2.09. The summed E-state index contributed by atoms with van der Waals surface area (Å²) < 4.78 is 11.7. The van der Waals surface area contributed by atoms with Gasteiger partial charge in [-0.05, 0) is 19.3 Å². The van der Waals surface area contributed by atoms with Crippen LogP contribution in [0.15, 0.2) is 0 Å². The lowest BCUT2D eigenvalue weighted by Crippen LogP contribution is -2.59. The number of rotatable bonds is 2. The van der Waals surface area contributed by atoms with E-state index >= 15 is 0 Å². The lowest BCUT2D eigenvalue weighted by Gasteiger charge is -2.46. The second kappa shape index (κ2) is 3.80. The molecule has 0 aromatic rings. The molecule has 1 atom stereocenters. The molecule has 1 spiro atoms. The Morgan fingerprint density at radius 3 is 2.57 bits per heavy atom. The second-order valence-electron chi connectivity index (χ2n) is 4.47. The summed E-state index contributed by atoms with van der Waals surface area (Å²) in [5.41, 5.74) is -0.0662. The molecule has 0 aromatic carbocycles.